The van der Waals surface area contributed by atoms with Gasteiger partial charge in [0.1, 0.15) is 0 Å². The molecule has 0 fully saturated rings. The Morgan fingerprint density at radius 3 is 2.31 bits per heavy atom. The van der Waals surface area contributed by atoms with E-state index < -0.39 is 5.97 Å². The van der Waals surface area contributed by atoms with Crippen molar-refractivity contribution in [1.29, 1.82) is 0 Å². The number of carbonyl (C=O) groups excluding carboxylic acids is 1. The number of allylic oxidation sites excluding steroid dienone is 3. The molecule has 0 aliphatic heterocycles. The monoisotopic (exact) mass is 355 g/mol. The molecule has 4 nitrogen and oxygen atoms in total. The van der Waals surface area contributed by atoms with E-state index in [1.807, 2.05) is 35.2 Å². The first kappa shape index (κ1) is 20.0. The van der Waals surface area contributed by atoms with Gasteiger partial charge in [-0.15, -0.1) is 0 Å². The van der Waals surface area contributed by atoms with Gasteiger partial charge in [-0.3, -0.25) is 9.59 Å². The van der Waals surface area contributed by atoms with Gasteiger partial charge in [0.25, 0.3) is 0 Å². The Kier molecular flexibility index (Phi) is 8.67. The van der Waals surface area contributed by atoms with Gasteiger partial charge in [-0.1, -0.05) is 61.3 Å². The first-order valence-electron chi connectivity index (χ1n) is 9.58. The molecule has 1 amide bonds. The zero-order valence-corrected chi connectivity index (χ0v) is 15.4. The molecule has 0 bridgehead atoms. The van der Waals surface area contributed by atoms with Crippen molar-refractivity contribution in [3.63, 3.8) is 0 Å². The molecule has 26 heavy (non-hydrogen) atoms. The average molecular weight is 355 g/mol. The molecule has 0 spiro atoms. The number of carbonyl (C=O) groups is 2. The molecule has 4 heteroatoms. The number of para-hydroxylation sites is 1. The minimum absolute atomic E-state index is 0.164. The van der Waals surface area contributed by atoms with Crippen molar-refractivity contribution in [2.75, 3.05) is 11.4 Å². The quantitative estimate of drug-likeness (QED) is 0.561. The Morgan fingerprint density at radius 2 is 1.65 bits per heavy atom. The maximum absolute atomic E-state index is 12.8. The largest absolute Gasteiger partial charge is 0.481 e. The fraction of sp³-hybridized carbons (Fsp3) is 0.455. The molecule has 1 aliphatic carbocycles. The van der Waals surface area contributed by atoms with Crippen molar-refractivity contribution in [2.24, 2.45) is 0 Å². The molecule has 0 saturated carbocycles. The fourth-order valence-electron chi connectivity index (χ4n) is 3.14. The van der Waals surface area contributed by atoms with Gasteiger partial charge >= 0.3 is 5.97 Å². The normalized spacial score (nSPS) is 13.3. The predicted octanol–water partition coefficient (Wildman–Crippen LogP) is 5.11. The number of benzene rings is 1. The Labute approximate surface area is 156 Å². The minimum Gasteiger partial charge on any atom is -0.481 e. The summed E-state index contributed by atoms with van der Waals surface area (Å²) in [7, 11) is 0. The number of nitrogens with zero attached hydrogens (tertiary/aromatic N) is 1. The lowest BCUT2D eigenvalue weighted by molar-refractivity contribution is -0.137. The maximum Gasteiger partial charge on any atom is 0.303 e. The predicted molar refractivity (Wildman–Crippen MR) is 105 cm³/mol. The zero-order valence-electron chi connectivity index (χ0n) is 15.4. The van der Waals surface area contributed by atoms with Crippen LogP contribution in [0.15, 0.2) is 54.1 Å². The van der Waals surface area contributed by atoms with E-state index in [0.29, 0.717) is 13.0 Å². The van der Waals surface area contributed by atoms with Crippen LogP contribution in [-0.2, 0) is 9.59 Å². The lowest BCUT2D eigenvalue weighted by Crippen LogP contribution is -2.32. The van der Waals surface area contributed by atoms with E-state index in [1.165, 1.54) is 5.57 Å². The Bertz CT molecular complexity index is 634. The van der Waals surface area contributed by atoms with Gasteiger partial charge in [-0.25, -0.2) is 0 Å². The lowest BCUT2D eigenvalue weighted by Gasteiger charge is -2.25. The summed E-state index contributed by atoms with van der Waals surface area (Å²) in [5.74, 6) is -0.567. The number of rotatable bonds is 11. The summed E-state index contributed by atoms with van der Waals surface area (Å²) in [4.78, 5) is 25.2. The molecule has 0 radical (unpaired) electrons. The number of hydrogen-bond acceptors (Lipinski definition) is 2. The third-order valence-corrected chi connectivity index (χ3v) is 4.61. The van der Waals surface area contributed by atoms with Gasteiger partial charge in [0.2, 0.25) is 5.91 Å². The molecule has 0 atom stereocenters. The van der Waals surface area contributed by atoms with Crippen molar-refractivity contribution < 1.29 is 14.7 Å². The molecule has 2 rings (SSSR count). The van der Waals surface area contributed by atoms with Crippen LogP contribution in [0, 0.1) is 0 Å². The summed E-state index contributed by atoms with van der Waals surface area (Å²) in [6, 6.07) is 9.87. The van der Waals surface area contributed by atoms with Crippen LogP contribution < -0.4 is 4.90 Å². The van der Waals surface area contributed by atoms with E-state index in [1.54, 1.807) is 0 Å². The molecule has 0 aromatic heterocycles. The third kappa shape index (κ3) is 7.26. The van der Waals surface area contributed by atoms with E-state index >= 15 is 0 Å². The Hall–Kier alpha value is -2.36. The fourth-order valence-corrected chi connectivity index (χ4v) is 3.14. The first-order valence-corrected chi connectivity index (χ1v) is 9.58. The molecule has 1 aromatic carbocycles. The molecular weight excluding hydrogens is 326 g/mol. The second-order valence-corrected chi connectivity index (χ2v) is 6.77. The number of aliphatic carboxylic acids is 1. The van der Waals surface area contributed by atoms with Crippen LogP contribution in [0.3, 0.4) is 0 Å². The molecule has 1 aliphatic rings. The third-order valence-electron chi connectivity index (χ3n) is 4.61. The number of unbranched alkanes of at least 4 members (excludes halogenated alkanes) is 4. The number of anilines is 1. The summed E-state index contributed by atoms with van der Waals surface area (Å²) in [5.41, 5.74) is 2.24. The minimum atomic E-state index is -0.731. The SMILES string of the molecule is O=C(O)CCCCCCCC(=O)N(CC1=CC=CCC1)c1ccccc1. The Balaban J connectivity index is 1.82. The smallest absolute Gasteiger partial charge is 0.303 e. The molecule has 1 N–H and O–H groups in total. The number of carboxylic acid groups (broad SMARTS) is 1. The van der Waals surface area contributed by atoms with Crippen molar-refractivity contribution in [3.8, 4) is 0 Å². The lowest BCUT2D eigenvalue weighted by atomic mass is 10.0. The van der Waals surface area contributed by atoms with Gasteiger partial charge in [0.05, 0.1) is 0 Å². The van der Waals surface area contributed by atoms with Gasteiger partial charge < -0.3 is 10.0 Å². The van der Waals surface area contributed by atoms with Crippen LogP contribution >= 0.6 is 0 Å². The van der Waals surface area contributed by atoms with Crippen LogP contribution in [0.4, 0.5) is 5.69 Å². The van der Waals surface area contributed by atoms with Gasteiger partial charge in [-0.2, -0.15) is 0 Å². The highest BCUT2D eigenvalue weighted by molar-refractivity contribution is 5.93. The summed E-state index contributed by atoms with van der Waals surface area (Å²) >= 11 is 0. The van der Waals surface area contributed by atoms with E-state index in [-0.39, 0.29) is 12.3 Å². The van der Waals surface area contributed by atoms with Crippen molar-refractivity contribution in [3.05, 3.63) is 54.1 Å². The van der Waals surface area contributed by atoms with Gasteiger partial charge in [0.15, 0.2) is 0 Å². The summed E-state index contributed by atoms with van der Waals surface area (Å²) in [6.07, 6.45) is 13.6. The average Bonchev–Trinajstić information content (AvgIpc) is 2.66. The molecule has 0 unspecified atom stereocenters. The van der Waals surface area contributed by atoms with Crippen LogP contribution in [0.2, 0.25) is 0 Å². The summed E-state index contributed by atoms with van der Waals surface area (Å²) < 4.78 is 0. The zero-order chi connectivity index (χ0) is 18.6. The van der Waals surface area contributed by atoms with Gasteiger partial charge in [-0.05, 0) is 37.8 Å². The van der Waals surface area contributed by atoms with Crippen molar-refractivity contribution in [1.82, 2.24) is 0 Å². The molecule has 0 saturated heterocycles. The highest BCUT2D eigenvalue weighted by Crippen LogP contribution is 2.21. The molecule has 0 heterocycles. The number of amides is 1. The second kappa shape index (κ2) is 11.3. The van der Waals surface area contributed by atoms with E-state index in [0.717, 1.165) is 50.6 Å². The summed E-state index contributed by atoms with van der Waals surface area (Å²) in [6.45, 7) is 0.659. The molecular formula is C22H29NO3. The highest BCUT2D eigenvalue weighted by Gasteiger charge is 2.17. The van der Waals surface area contributed by atoms with Crippen molar-refractivity contribution in [2.45, 2.75) is 57.8 Å². The number of hydrogen-bond donors (Lipinski definition) is 1. The number of carboxylic acids is 1. The van der Waals surface area contributed by atoms with Gasteiger partial charge in [0, 0.05) is 25.1 Å². The van der Waals surface area contributed by atoms with E-state index in [9.17, 15) is 9.59 Å². The van der Waals surface area contributed by atoms with Crippen LogP contribution in [0.25, 0.3) is 0 Å². The standard InChI is InChI=1S/C22H29NO3/c24-21(16-10-2-1-3-11-17-22(25)26)23(20-14-8-5-9-15-20)18-19-12-6-4-7-13-19/h4-6,8-9,12,14-15H,1-3,7,10-11,13,16-18H2,(H,25,26). The van der Waals surface area contributed by atoms with E-state index in [4.69, 9.17) is 5.11 Å². The van der Waals surface area contributed by atoms with E-state index in [2.05, 4.69) is 18.2 Å². The maximum atomic E-state index is 12.8. The molecule has 1 aromatic rings. The molecule has 140 valence electrons. The van der Waals surface area contributed by atoms with Crippen LogP contribution in [0.1, 0.15) is 57.8 Å². The first-order chi connectivity index (χ1) is 12.7. The highest BCUT2D eigenvalue weighted by atomic mass is 16.4. The summed E-state index contributed by atoms with van der Waals surface area (Å²) in [5, 5.41) is 8.63. The van der Waals surface area contributed by atoms with Crippen LogP contribution in [-0.4, -0.2) is 23.5 Å². The van der Waals surface area contributed by atoms with Crippen LogP contribution in [0.5, 0.6) is 0 Å². The second-order valence-electron chi connectivity index (χ2n) is 6.77. The van der Waals surface area contributed by atoms with Crippen molar-refractivity contribution >= 4 is 17.6 Å². The Morgan fingerprint density at radius 1 is 0.962 bits per heavy atom. The topological polar surface area (TPSA) is 57.6 Å².